The van der Waals surface area contributed by atoms with E-state index in [9.17, 15) is 9.59 Å². The van der Waals surface area contributed by atoms with Gasteiger partial charge in [-0.1, -0.05) is 18.2 Å². The van der Waals surface area contributed by atoms with Gasteiger partial charge in [-0.2, -0.15) is 0 Å². The first-order chi connectivity index (χ1) is 11.6. The SMILES string of the molecule is C=CCN1C(=O)CO[C@@H]2CN(C(=O)Cc3cccc(OC)c3)C[C@H]21. The maximum atomic E-state index is 12.6. The third kappa shape index (κ3) is 3.28. The van der Waals surface area contributed by atoms with E-state index >= 15 is 0 Å². The van der Waals surface area contributed by atoms with Crippen LogP contribution in [0.1, 0.15) is 5.56 Å². The quantitative estimate of drug-likeness (QED) is 0.752. The molecule has 2 amide bonds. The van der Waals surface area contributed by atoms with Gasteiger partial charge in [-0.05, 0) is 17.7 Å². The van der Waals surface area contributed by atoms with E-state index in [0.717, 1.165) is 11.3 Å². The number of ether oxygens (including phenoxy) is 2. The van der Waals surface area contributed by atoms with E-state index in [1.165, 1.54) is 0 Å². The van der Waals surface area contributed by atoms with Gasteiger partial charge in [0.1, 0.15) is 12.4 Å². The molecule has 2 fully saturated rings. The molecule has 0 bridgehead atoms. The van der Waals surface area contributed by atoms with E-state index < -0.39 is 0 Å². The zero-order valence-electron chi connectivity index (χ0n) is 13.8. The van der Waals surface area contributed by atoms with E-state index in [-0.39, 0.29) is 30.6 Å². The highest BCUT2D eigenvalue weighted by Crippen LogP contribution is 2.24. The van der Waals surface area contributed by atoms with Gasteiger partial charge >= 0.3 is 0 Å². The maximum Gasteiger partial charge on any atom is 0.249 e. The second kappa shape index (κ2) is 7.05. The predicted octanol–water partition coefficient (Wildman–Crippen LogP) is 0.862. The molecule has 2 aliphatic heterocycles. The highest BCUT2D eigenvalue weighted by atomic mass is 16.5. The lowest BCUT2D eigenvalue weighted by atomic mass is 10.1. The van der Waals surface area contributed by atoms with Crippen molar-refractivity contribution in [1.29, 1.82) is 0 Å². The standard InChI is InChI=1S/C18H22N2O4/c1-3-7-20-15-10-19(11-16(15)24-12-18(20)22)17(21)9-13-5-4-6-14(8-13)23-2/h3-6,8,15-16H,1,7,9-12H2,2H3/t15-,16-/m1/s1. The van der Waals surface area contributed by atoms with Gasteiger partial charge in [-0.25, -0.2) is 0 Å². The number of carbonyl (C=O) groups is 2. The summed E-state index contributed by atoms with van der Waals surface area (Å²) in [6.07, 6.45) is 1.91. The first-order valence-corrected chi connectivity index (χ1v) is 8.05. The van der Waals surface area contributed by atoms with Crippen LogP contribution in [0.15, 0.2) is 36.9 Å². The van der Waals surface area contributed by atoms with E-state index in [0.29, 0.717) is 26.1 Å². The minimum Gasteiger partial charge on any atom is -0.497 e. The van der Waals surface area contributed by atoms with Crippen LogP contribution in [0.4, 0.5) is 0 Å². The molecule has 2 aliphatic rings. The molecule has 6 heteroatoms. The summed E-state index contributed by atoms with van der Waals surface area (Å²) in [4.78, 5) is 28.2. The van der Waals surface area contributed by atoms with Gasteiger partial charge in [0.2, 0.25) is 11.8 Å². The van der Waals surface area contributed by atoms with Crippen molar-refractivity contribution in [1.82, 2.24) is 9.80 Å². The average Bonchev–Trinajstić information content (AvgIpc) is 3.02. The number of hydrogen-bond acceptors (Lipinski definition) is 4. The van der Waals surface area contributed by atoms with Crippen molar-refractivity contribution >= 4 is 11.8 Å². The number of rotatable bonds is 5. The first kappa shape index (κ1) is 16.5. The van der Waals surface area contributed by atoms with E-state index in [2.05, 4.69) is 6.58 Å². The summed E-state index contributed by atoms with van der Waals surface area (Å²) in [5.41, 5.74) is 0.911. The van der Waals surface area contributed by atoms with Crippen LogP contribution in [0.5, 0.6) is 5.75 Å². The molecule has 1 aromatic carbocycles. The van der Waals surface area contributed by atoms with Gasteiger partial charge in [-0.15, -0.1) is 6.58 Å². The van der Waals surface area contributed by atoms with Crippen LogP contribution in [-0.4, -0.2) is 67.1 Å². The number of benzene rings is 1. The highest BCUT2D eigenvalue weighted by Gasteiger charge is 2.43. The highest BCUT2D eigenvalue weighted by molar-refractivity contribution is 5.81. The molecule has 128 valence electrons. The van der Waals surface area contributed by atoms with Gasteiger partial charge in [0.05, 0.1) is 25.7 Å². The fraction of sp³-hybridized carbons (Fsp3) is 0.444. The number of hydrogen-bond donors (Lipinski definition) is 0. The molecule has 2 heterocycles. The van der Waals surface area contributed by atoms with E-state index in [4.69, 9.17) is 9.47 Å². The monoisotopic (exact) mass is 330 g/mol. The number of amides is 2. The Balaban J connectivity index is 1.66. The van der Waals surface area contributed by atoms with Crippen molar-refractivity contribution in [3.8, 4) is 5.75 Å². The Hall–Kier alpha value is -2.34. The molecule has 24 heavy (non-hydrogen) atoms. The summed E-state index contributed by atoms with van der Waals surface area (Å²) in [5, 5.41) is 0. The molecule has 0 N–H and O–H groups in total. The van der Waals surface area contributed by atoms with Crippen molar-refractivity contribution in [2.45, 2.75) is 18.6 Å². The lowest BCUT2D eigenvalue weighted by molar-refractivity contribution is -0.151. The predicted molar refractivity (Wildman–Crippen MR) is 88.7 cm³/mol. The van der Waals surface area contributed by atoms with Gasteiger partial charge in [0, 0.05) is 19.6 Å². The Morgan fingerprint density at radius 2 is 2.29 bits per heavy atom. The Labute approximate surface area is 141 Å². The number of carbonyl (C=O) groups excluding carboxylic acids is 2. The Morgan fingerprint density at radius 1 is 1.46 bits per heavy atom. The van der Waals surface area contributed by atoms with Gasteiger partial charge in [0.25, 0.3) is 0 Å². The summed E-state index contributed by atoms with van der Waals surface area (Å²) >= 11 is 0. The van der Waals surface area contributed by atoms with Gasteiger partial charge in [0.15, 0.2) is 0 Å². The lowest BCUT2D eigenvalue weighted by Crippen LogP contribution is -2.53. The molecule has 6 nitrogen and oxygen atoms in total. The van der Waals surface area contributed by atoms with Crippen molar-refractivity contribution in [3.05, 3.63) is 42.5 Å². The third-order valence-electron chi connectivity index (χ3n) is 4.55. The van der Waals surface area contributed by atoms with Gasteiger partial charge < -0.3 is 19.3 Å². The molecule has 3 rings (SSSR count). The van der Waals surface area contributed by atoms with Gasteiger partial charge in [-0.3, -0.25) is 9.59 Å². The second-order valence-electron chi connectivity index (χ2n) is 6.08. The lowest BCUT2D eigenvalue weighted by Gasteiger charge is -2.35. The van der Waals surface area contributed by atoms with Crippen LogP contribution in [0.2, 0.25) is 0 Å². The normalized spacial score (nSPS) is 23.1. The number of morpholine rings is 1. The van der Waals surface area contributed by atoms with Crippen molar-refractivity contribution in [2.75, 3.05) is 33.4 Å². The molecular weight excluding hydrogens is 308 g/mol. The maximum absolute atomic E-state index is 12.6. The van der Waals surface area contributed by atoms with Crippen LogP contribution < -0.4 is 4.74 Å². The Kier molecular flexibility index (Phi) is 4.85. The number of methoxy groups -OCH3 is 1. The molecule has 0 radical (unpaired) electrons. The van der Waals surface area contributed by atoms with Crippen molar-refractivity contribution < 1.29 is 19.1 Å². The topological polar surface area (TPSA) is 59.1 Å². The molecule has 0 unspecified atom stereocenters. The molecular formula is C18H22N2O4. The largest absolute Gasteiger partial charge is 0.497 e. The second-order valence-corrected chi connectivity index (χ2v) is 6.08. The van der Waals surface area contributed by atoms with Crippen LogP contribution in [0.25, 0.3) is 0 Å². The zero-order valence-corrected chi connectivity index (χ0v) is 13.8. The minimum absolute atomic E-state index is 0.0345. The summed E-state index contributed by atoms with van der Waals surface area (Å²) in [5.74, 6) is 0.729. The fourth-order valence-electron chi connectivity index (χ4n) is 3.31. The van der Waals surface area contributed by atoms with Crippen molar-refractivity contribution in [2.24, 2.45) is 0 Å². The minimum atomic E-state index is -0.114. The van der Waals surface area contributed by atoms with Crippen LogP contribution in [0.3, 0.4) is 0 Å². The number of likely N-dealkylation sites (tertiary alicyclic amines) is 1. The van der Waals surface area contributed by atoms with E-state index in [1.54, 1.807) is 23.0 Å². The Morgan fingerprint density at radius 3 is 3.04 bits per heavy atom. The Bertz CT molecular complexity index is 646. The number of nitrogens with zero attached hydrogens (tertiary/aromatic N) is 2. The number of fused-ring (bicyclic) bond motifs is 1. The molecule has 2 saturated heterocycles. The summed E-state index contributed by atoms with van der Waals surface area (Å²) in [7, 11) is 1.61. The summed E-state index contributed by atoms with van der Waals surface area (Å²) in [6, 6.07) is 7.42. The molecule has 1 aromatic rings. The molecule has 0 aromatic heterocycles. The van der Waals surface area contributed by atoms with Crippen molar-refractivity contribution in [3.63, 3.8) is 0 Å². The smallest absolute Gasteiger partial charge is 0.249 e. The van der Waals surface area contributed by atoms with Crippen LogP contribution in [-0.2, 0) is 20.7 Å². The van der Waals surface area contributed by atoms with E-state index in [1.807, 2.05) is 24.3 Å². The zero-order chi connectivity index (χ0) is 17.1. The van der Waals surface area contributed by atoms with Crippen LogP contribution in [0, 0.1) is 0 Å². The summed E-state index contributed by atoms with van der Waals surface area (Å²) in [6.45, 7) is 5.30. The molecule has 0 aliphatic carbocycles. The third-order valence-corrected chi connectivity index (χ3v) is 4.55. The molecule has 0 saturated carbocycles. The molecule has 2 atom stereocenters. The summed E-state index contributed by atoms with van der Waals surface area (Å²) < 4.78 is 10.8. The average molecular weight is 330 g/mol. The first-order valence-electron chi connectivity index (χ1n) is 8.05. The fourth-order valence-corrected chi connectivity index (χ4v) is 3.31. The molecule has 0 spiro atoms. The van der Waals surface area contributed by atoms with Crippen LogP contribution >= 0.6 is 0 Å².